The van der Waals surface area contributed by atoms with Crippen LogP contribution in [0.3, 0.4) is 0 Å². The molecule has 0 amide bonds. The molecule has 94 valence electrons. The maximum Gasteiger partial charge on any atom is 0.224 e. The van der Waals surface area contributed by atoms with E-state index in [1.54, 1.807) is 6.20 Å². The lowest BCUT2D eigenvalue weighted by atomic mass is 10.0. The van der Waals surface area contributed by atoms with Crippen LogP contribution >= 0.6 is 0 Å². The van der Waals surface area contributed by atoms with Gasteiger partial charge >= 0.3 is 0 Å². The number of aromatic nitrogens is 2. The Morgan fingerprint density at radius 3 is 2.41 bits per heavy atom. The number of rotatable bonds is 4. The highest BCUT2D eigenvalue weighted by Crippen LogP contribution is 2.68. The minimum absolute atomic E-state index is 0.403. The summed E-state index contributed by atoms with van der Waals surface area (Å²) in [7, 11) is 1.86. The van der Waals surface area contributed by atoms with Gasteiger partial charge in [0.15, 0.2) is 0 Å². The van der Waals surface area contributed by atoms with Crippen molar-refractivity contribution < 1.29 is 0 Å². The van der Waals surface area contributed by atoms with Crippen molar-refractivity contribution in [3.63, 3.8) is 0 Å². The molecule has 4 heteroatoms. The minimum atomic E-state index is 0.403. The maximum atomic E-state index is 4.35. The van der Waals surface area contributed by atoms with Crippen LogP contribution in [0.15, 0.2) is 12.3 Å². The minimum Gasteiger partial charge on any atom is -0.373 e. The van der Waals surface area contributed by atoms with E-state index in [0.29, 0.717) is 22.7 Å². The van der Waals surface area contributed by atoms with Gasteiger partial charge in [0.25, 0.3) is 0 Å². The van der Waals surface area contributed by atoms with Crippen molar-refractivity contribution in [1.29, 1.82) is 0 Å². The Morgan fingerprint density at radius 1 is 1.24 bits per heavy atom. The molecule has 0 unspecified atom stereocenters. The average Bonchev–Trinajstić information content (AvgIpc) is 2.67. The molecule has 0 aliphatic heterocycles. The molecule has 0 aromatic carbocycles. The van der Waals surface area contributed by atoms with E-state index >= 15 is 0 Å². The number of nitrogens with one attached hydrogen (secondary N) is 2. The summed E-state index contributed by atoms with van der Waals surface area (Å²) in [6, 6.07) is 1.86. The van der Waals surface area contributed by atoms with E-state index in [-0.39, 0.29) is 0 Å². The predicted molar refractivity (Wildman–Crippen MR) is 71.1 cm³/mol. The van der Waals surface area contributed by atoms with Crippen molar-refractivity contribution in [2.24, 2.45) is 16.7 Å². The Kier molecular flexibility index (Phi) is 2.76. The lowest BCUT2D eigenvalue weighted by molar-refractivity contribution is 0.457. The van der Waals surface area contributed by atoms with Crippen molar-refractivity contribution in [3.05, 3.63) is 12.3 Å². The van der Waals surface area contributed by atoms with Gasteiger partial charge in [-0.3, -0.25) is 0 Å². The highest BCUT2D eigenvalue weighted by Gasteiger charge is 2.64. The van der Waals surface area contributed by atoms with Crippen LogP contribution in [0.1, 0.15) is 27.7 Å². The first kappa shape index (κ1) is 12.1. The molecule has 0 spiro atoms. The van der Waals surface area contributed by atoms with Gasteiger partial charge in [0.2, 0.25) is 5.95 Å². The Balaban J connectivity index is 1.95. The van der Waals surface area contributed by atoms with E-state index < -0.39 is 0 Å². The summed E-state index contributed by atoms with van der Waals surface area (Å²) in [6.45, 7) is 10.2. The molecule has 1 fully saturated rings. The third kappa shape index (κ3) is 1.96. The highest BCUT2D eigenvalue weighted by atomic mass is 15.1. The summed E-state index contributed by atoms with van der Waals surface area (Å²) in [6.07, 6.45) is 1.77. The van der Waals surface area contributed by atoms with Gasteiger partial charge in [-0.2, -0.15) is 4.98 Å². The van der Waals surface area contributed by atoms with Crippen molar-refractivity contribution >= 4 is 11.8 Å². The summed E-state index contributed by atoms with van der Waals surface area (Å²) >= 11 is 0. The Hall–Kier alpha value is -1.32. The van der Waals surface area contributed by atoms with Crippen molar-refractivity contribution in [1.82, 2.24) is 9.97 Å². The largest absolute Gasteiger partial charge is 0.373 e. The second-order valence-corrected chi connectivity index (χ2v) is 5.89. The fourth-order valence-electron chi connectivity index (χ4n) is 2.62. The molecule has 0 saturated heterocycles. The van der Waals surface area contributed by atoms with Gasteiger partial charge in [0.05, 0.1) is 0 Å². The molecule has 1 saturated carbocycles. The van der Waals surface area contributed by atoms with Crippen LogP contribution in [0.4, 0.5) is 11.8 Å². The van der Waals surface area contributed by atoms with Gasteiger partial charge in [-0.1, -0.05) is 27.7 Å². The Labute approximate surface area is 103 Å². The second kappa shape index (κ2) is 3.86. The topological polar surface area (TPSA) is 49.8 Å². The zero-order valence-corrected chi connectivity index (χ0v) is 11.3. The first-order chi connectivity index (χ1) is 7.89. The third-order valence-electron chi connectivity index (χ3n) is 4.70. The monoisotopic (exact) mass is 234 g/mol. The van der Waals surface area contributed by atoms with Crippen LogP contribution in [0, 0.1) is 16.7 Å². The van der Waals surface area contributed by atoms with Crippen LogP contribution in [0.5, 0.6) is 0 Å². The molecule has 17 heavy (non-hydrogen) atoms. The van der Waals surface area contributed by atoms with Crippen LogP contribution in [-0.2, 0) is 0 Å². The molecule has 1 aliphatic rings. The fraction of sp³-hybridized carbons (Fsp3) is 0.692. The van der Waals surface area contributed by atoms with Crippen molar-refractivity contribution in [2.75, 3.05) is 24.2 Å². The van der Waals surface area contributed by atoms with Crippen molar-refractivity contribution in [3.8, 4) is 0 Å². The number of hydrogen-bond donors (Lipinski definition) is 2. The molecule has 4 nitrogen and oxygen atoms in total. The van der Waals surface area contributed by atoms with Gasteiger partial charge in [0, 0.05) is 19.8 Å². The molecule has 1 heterocycles. The first-order valence-electron chi connectivity index (χ1n) is 6.14. The molecule has 0 bridgehead atoms. The average molecular weight is 234 g/mol. The van der Waals surface area contributed by atoms with Crippen LogP contribution in [0.2, 0.25) is 0 Å². The molecule has 2 rings (SSSR count). The zero-order chi connectivity index (χ0) is 12.7. The van der Waals surface area contributed by atoms with E-state index in [1.807, 2.05) is 13.1 Å². The smallest absolute Gasteiger partial charge is 0.224 e. The predicted octanol–water partition coefficient (Wildman–Crippen LogP) is 2.61. The second-order valence-electron chi connectivity index (χ2n) is 5.89. The summed E-state index contributed by atoms with van der Waals surface area (Å²) in [5.41, 5.74) is 0.807. The molecule has 0 atom stereocenters. The summed E-state index contributed by atoms with van der Waals surface area (Å²) in [4.78, 5) is 8.57. The quantitative estimate of drug-likeness (QED) is 0.841. The van der Waals surface area contributed by atoms with Gasteiger partial charge in [-0.15, -0.1) is 0 Å². The summed E-state index contributed by atoms with van der Waals surface area (Å²) in [5.74, 6) is 2.23. The van der Waals surface area contributed by atoms with Crippen molar-refractivity contribution in [2.45, 2.75) is 27.7 Å². The van der Waals surface area contributed by atoms with Gasteiger partial charge in [-0.05, 0) is 22.8 Å². The van der Waals surface area contributed by atoms with E-state index in [9.17, 15) is 0 Å². The van der Waals surface area contributed by atoms with Gasteiger partial charge < -0.3 is 10.6 Å². The van der Waals surface area contributed by atoms with E-state index in [0.717, 1.165) is 12.4 Å². The molecule has 1 aromatic rings. The van der Waals surface area contributed by atoms with E-state index in [4.69, 9.17) is 0 Å². The SMILES string of the molecule is CNc1ccnc(NCC2C(C)(C)C2(C)C)n1. The lowest BCUT2D eigenvalue weighted by Crippen LogP contribution is -2.11. The molecule has 2 N–H and O–H groups in total. The lowest BCUT2D eigenvalue weighted by Gasteiger charge is -2.07. The first-order valence-corrected chi connectivity index (χ1v) is 6.14. The highest BCUT2D eigenvalue weighted by molar-refractivity contribution is 5.39. The third-order valence-corrected chi connectivity index (χ3v) is 4.70. The van der Waals surface area contributed by atoms with Crippen LogP contribution < -0.4 is 10.6 Å². The maximum absolute atomic E-state index is 4.35. The fourth-order valence-corrected chi connectivity index (χ4v) is 2.62. The zero-order valence-electron chi connectivity index (χ0n) is 11.3. The number of hydrogen-bond acceptors (Lipinski definition) is 4. The van der Waals surface area contributed by atoms with E-state index in [1.165, 1.54) is 0 Å². The summed E-state index contributed by atoms with van der Waals surface area (Å²) in [5, 5.41) is 6.34. The molecule has 1 aliphatic carbocycles. The van der Waals surface area contributed by atoms with E-state index in [2.05, 4.69) is 48.3 Å². The van der Waals surface area contributed by atoms with Crippen LogP contribution in [-0.4, -0.2) is 23.6 Å². The Morgan fingerprint density at radius 2 is 1.88 bits per heavy atom. The van der Waals surface area contributed by atoms with Gasteiger partial charge in [0.1, 0.15) is 5.82 Å². The molecule has 0 radical (unpaired) electrons. The summed E-state index contributed by atoms with van der Waals surface area (Å²) < 4.78 is 0. The molecule has 1 aromatic heterocycles. The molecular formula is C13H22N4. The molecular weight excluding hydrogens is 212 g/mol. The standard InChI is InChI=1S/C13H22N4/c1-12(2)9(13(12,3)4)8-16-11-15-7-6-10(14-5)17-11/h6-7,9H,8H2,1-5H3,(H2,14,15,16,17). The number of anilines is 2. The van der Waals surface area contributed by atoms with Crippen LogP contribution in [0.25, 0.3) is 0 Å². The Bertz CT molecular complexity index is 398. The van der Waals surface area contributed by atoms with Gasteiger partial charge in [-0.25, -0.2) is 4.98 Å². The number of nitrogens with zero attached hydrogens (tertiary/aromatic N) is 2. The normalized spacial score (nSPS) is 21.0.